The summed E-state index contributed by atoms with van der Waals surface area (Å²) in [4.78, 5) is 13.9. The zero-order valence-corrected chi connectivity index (χ0v) is 11.2. The molecule has 1 fully saturated rings. The van der Waals surface area contributed by atoms with E-state index in [1.165, 1.54) is 0 Å². The van der Waals surface area contributed by atoms with Crippen molar-refractivity contribution >= 4 is 17.5 Å². The number of likely N-dealkylation sites (tertiary alicyclic amines) is 1. The number of carbonyl (C=O) groups excluding carboxylic acids is 1. The molecular weight excluding hydrogens is 254 g/mol. The Kier molecular flexibility index (Phi) is 3.97. The molecule has 1 amide bonds. The fourth-order valence-corrected chi connectivity index (χ4v) is 2.54. The van der Waals surface area contributed by atoms with Crippen LogP contribution in [0, 0.1) is 5.41 Å². The molecule has 2 heterocycles. The van der Waals surface area contributed by atoms with E-state index < -0.39 is 0 Å². The van der Waals surface area contributed by atoms with Crippen LogP contribution < -0.4 is 0 Å². The van der Waals surface area contributed by atoms with Crippen LogP contribution in [0.3, 0.4) is 0 Å². The van der Waals surface area contributed by atoms with Crippen molar-refractivity contribution < 1.29 is 14.3 Å². The van der Waals surface area contributed by atoms with Gasteiger partial charge in [0.25, 0.3) is 5.91 Å². The number of nitrogens with zero attached hydrogens (tertiary/aromatic N) is 1. The van der Waals surface area contributed by atoms with E-state index in [4.69, 9.17) is 16.0 Å². The molecule has 1 saturated heterocycles. The SMILES string of the molecule is CCC1(CO)CCN(C(=O)c2ccc(Cl)o2)CC1. The molecule has 1 N–H and O–H groups in total. The summed E-state index contributed by atoms with van der Waals surface area (Å²) in [7, 11) is 0. The normalized spacial score (nSPS) is 18.9. The van der Waals surface area contributed by atoms with Crippen LogP contribution in [-0.4, -0.2) is 35.6 Å². The minimum atomic E-state index is -0.121. The topological polar surface area (TPSA) is 53.7 Å². The monoisotopic (exact) mass is 271 g/mol. The van der Waals surface area contributed by atoms with Crippen molar-refractivity contribution in [2.24, 2.45) is 5.41 Å². The Balaban J connectivity index is 1.99. The fraction of sp³-hybridized carbons (Fsp3) is 0.615. The molecule has 18 heavy (non-hydrogen) atoms. The molecule has 0 saturated carbocycles. The molecule has 0 radical (unpaired) electrons. The number of amides is 1. The Morgan fingerprint density at radius 3 is 2.61 bits per heavy atom. The Bertz CT molecular complexity index is 416. The maximum absolute atomic E-state index is 12.1. The average Bonchev–Trinajstić information content (AvgIpc) is 2.85. The van der Waals surface area contributed by atoms with Gasteiger partial charge in [0.1, 0.15) is 0 Å². The average molecular weight is 272 g/mol. The number of furan rings is 1. The predicted octanol–water partition coefficient (Wildman–Crippen LogP) is 2.56. The number of hydrogen-bond acceptors (Lipinski definition) is 3. The van der Waals surface area contributed by atoms with E-state index in [0.29, 0.717) is 13.1 Å². The Hall–Kier alpha value is -1.00. The van der Waals surface area contributed by atoms with Gasteiger partial charge < -0.3 is 14.4 Å². The summed E-state index contributed by atoms with van der Waals surface area (Å²) in [6.45, 7) is 3.59. The van der Waals surface area contributed by atoms with Crippen molar-refractivity contribution in [3.63, 3.8) is 0 Å². The van der Waals surface area contributed by atoms with Crippen molar-refractivity contribution in [1.82, 2.24) is 4.90 Å². The Morgan fingerprint density at radius 1 is 1.50 bits per heavy atom. The van der Waals surface area contributed by atoms with Crippen LogP contribution in [0.25, 0.3) is 0 Å². The lowest BCUT2D eigenvalue weighted by Gasteiger charge is -2.39. The molecule has 0 aromatic carbocycles. The van der Waals surface area contributed by atoms with Gasteiger partial charge in [-0.3, -0.25) is 4.79 Å². The van der Waals surface area contributed by atoms with Crippen LogP contribution in [0.15, 0.2) is 16.5 Å². The standard InChI is InChI=1S/C13H18ClNO3/c1-2-13(9-16)5-7-15(8-6-13)12(17)10-3-4-11(14)18-10/h3-4,16H,2,5-9H2,1H3. The lowest BCUT2D eigenvalue weighted by Crippen LogP contribution is -2.44. The van der Waals surface area contributed by atoms with E-state index >= 15 is 0 Å². The van der Waals surface area contributed by atoms with Crippen molar-refractivity contribution in [3.05, 3.63) is 23.1 Å². The molecule has 1 aromatic heterocycles. The fourth-order valence-electron chi connectivity index (χ4n) is 2.39. The van der Waals surface area contributed by atoms with Crippen molar-refractivity contribution in [2.75, 3.05) is 19.7 Å². The van der Waals surface area contributed by atoms with E-state index in [9.17, 15) is 9.90 Å². The highest BCUT2D eigenvalue weighted by Gasteiger charge is 2.34. The van der Waals surface area contributed by atoms with Gasteiger partial charge in [-0.15, -0.1) is 0 Å². The summed E-state index contributed by atoms with van der Waals surface area (Å²) in [6.07, 6.45) is 2.61. The molecule has 1 aromatic rings. The van der Waals surface area contributed by atoms with Crippen LogP contribution >= 0.6 is 11.6 Å². The first-order valence-electron chi connectivity index (χ1n) is 6.26. The lowest BCUT2D eigenvalue weighted by atomic mass is 9.77. The smallest absolute Gasteiger partial charge is 0.289 e. The second-order valence-corrected chi connectivity index (χ2v) is 5.28. The van der Waals surface area contributed by atoms with Gasteiger partial charge in [-0.2, -0.15) is 0 Å². The highest BCUT2D eigenvalue weighted by atomic mass is 35.5. The van der Waals surface area contributed by atoms with E-state index in [-0.39, 0.29) is 28.9 Å². The maximum atomic E-state index is 12.1. The van der Waals surface area contributed by atoms with Gasteiger partial charge in [0.05, 0.1) is 0 Å². The van der Waals surface area contributed by atoms with Gasteiger partial charge >= 0.3 is 0 Å². The van der Waals surface area contributed by atoms with Gasteiger partial charge in [-0.25, -0.2) is 0 Å². The molecule has 0 unspecified atom stereocenters. The van der Waals surface area contributed by atoms with Gasteiger partial charge in [0, 0.05) is 19.7 Å². The summed E-state index contributed by atoms with van der Waals surface area (Å²) in [5, 5.41) is 9.68. The van der Waals surface area contributed by atoms with E-state index in [1.54, 1.807) is 17.0 Å². The van der Waals surface area contributed by atoms with E-state index in [0.717, 1.165) is 19.3 Å². The van der Waals surface area contributed by atoms with Crippen molar-refractivity contribution in [3.8, 4) is 0 Å². The third-order valence-electron chi connectivity index (χ3n) is 3.98. The first-order chi connectivity index (χ1) is 8.60. The molecular formula is C13H18ClNO3. The van der Waals surface area contributed by atoms with Crippen LogP contribution in [-0.2, 0) is 0 Å². The van der Waals surface area contributed by atoms with Crippen LogP contribution in [0.2, 0.25) is 5.22 Å². The maximum Gasteiger partial charge on any atom is 0.289 e. The zero-order valence-electron chi connectivity index (χ0n) is 10.5. The quantitative estimate of drug-likeness (QED) is 0.919. The van der Waals surface area contributed by atoms with Crippen molar-refractivity contribution in [2.45, 2.75) is 26.2 Å². The number of aliphatic hydroxyl groups excluding tert-OH is 1. The summed E-state index contributed by atoms with van der Waals surface area (Å²) in [5.41, 5.74) is -0.0163. The van der Waals surface area contributed by atoms with Gasteiger partial charge in [-0.1, -0.05) is 6.92 Å². The third-order valence-corrected chi connectivity index (χ3v) is 4.18. The summed E-state index contributed by atoms with van der Waals surface area (Å²) in [6, 6.07) is 3.17. The number of hydrogen-bond donors (Lipinski definition) is 1. The molecule has 0 bridgehead atoms. The van der Waals surface area contributed by atoms with Crippen LogP contribution in [0.5, 0.6) is 0 Å². The van der Waals surface area contributed by atoms with Gasteiger partial charge in [0.2, 0.25) is 0 Å². The van der Waals surface area contributed by atoms with Crippen LogP contribution in [0.4, 0.5) is 0 Å². The number of carbonyl (C=O) groups is 1. The van der Waals surface area contributed by atoms with E-state index in [1.807, 2.05) is 0 Å². The zero-order chi connectivity index (χ0) is 13.2. The van der Waals surface area contributed by atoms with Crippen LogP contribution in [0.1, 0.15) is 36.7 Å². The molecule has 1 aliphatic heterocycles. The second kappa shape index (κ2) is 5.33. The van der Waals surface area contributed by atoms with E-state index in [2.05, 4.69) is 6.92 Å². The molecule has 5 heteroatoms. The number of piperidine rings is 1. The van der Waals surface area contributed by atoms with Gasteiger partial charge in [-0.05, 0) is 48.4 Å². The highest BCUT2D eigenvalue weighted by Crippen LogP contribution is 2.34. The Morgan fingerprint density at radius 2 is 2.17 bits per heavy atom. The minimum absolute atomic E-state index is 0.0163. The number of halogens is 1. The highest BCUT2D eigenvalue weighted by molar-refractivity contribution is 6.29. The molecule has 1 aliphatic rings. The first kappa shape index (κ1) is 13.4. The first-order valence-corrected chi connectivity index (χ1v) is 6.63. The molecule has 2 rings (SSSR count). The van der Waals surface area contributed by atoms with Gasteiger partial charge in [0.15, 0.2) is 11.0 Å². The second-order valence-electron chi connectivity index (χ2n) is 4.91. The summed E-state index contributed by atoms with van der Waals surface area (Å²) in [5.74, 6) is 0.164. The third kappa shape index (κ3) is 2.54. The molecule has 0 atom stereocenters. The predicted molar refractivity (Wildman–Crippen MR) is 68.7 cm³/mol. The summed E-state index contributed by atoms with van der Waals surface area (Å²) < 4.78 is 5.13. The largest absolute Gasteiger partial charge is 0.440 e. The molecule has 100 valence electrons. The van der Waals surface area contributed by atoms with Crippen molar-refractivity contribution in [1.29, 1.82) is 0 Å². The molecule has 0 aliphatic carbocycles. The number of aliphatic hydroxyl groups is 1. The number of rotatable bonds is 3. The lowest BCUT2D eigenvalue weighted by molar-refractivity contribution is 0.0320. The minimum Gasteiger partial charge on any atom is -0.440 e. The Labute approximate surface area is 112 Å². The summed E-state index contributed by atoms with van der Waals surface area (Å²) >= 11 is 5.66. The molecule has 4 nitrogen and oxygen atoms in total. The molecule has 0 spiro atoms.